The molecule has 1 aromatic rings. The minimum atomic E-state index is 0.635. The van der Waals surface area contributed by atoms with E-state index in [1.54, 1.807) is 0 Å². The maximum Gasteiger partial charge on any atom is 0.0108 e. The van der Waals surface area contributed by atoms with Crippen molar-refractivity contribution < 1.29 is 0 Å². The third-order valence-corrected chi connectivity index (χ3v) is 3.58. The molecule has 1 saturated heterocycles. The zero-order valence-electron chi connectivity index (χ0n) is 10.7. The van der Waals surface area contributed by atoms with Crippen LogP contribution in [0.15, 0.2) is 24.3 Å². The zero-order chi connectivity index (χ0) is 11.5. The number of rotatable bonds is 3. The lowest BCUT2D eigenvalue weighted by molar-refractivity contribution is 0.593. The van der Waals surface area contributed by atoms with Crippen LogP contribution in [0.3, 0.4) is 0 Å². The number of nitrogens with one attached hydrogen (secondary N) is 1. The van der Waals surface area contributed by atoms with Crippen LogP contribution in [-0.4, -0.2) is 12.6 Å². The summed E-state index contributed by atoms with van der Waals surface area (Å²) in [6, 6.07) is 9.90. The first-order valence-electron chi connectivity index (χ1n) is 6.49. The molecule has 0 saturated carbocycles. The summed E-state index contributed by atoms with van der Waals surface area (Å²) in [6.45, 7) is 8.01. The molecule has 0 aromatic heterocycles. The second kappa shape index (κ2) is 5.01. The highest BCUT2D eigenvalue weighted by Crippen LogP contribution is 2.27. The third kappa shape index (κ3) is 2.65. The highest BCUT2D eigenvalue weighted by molar-refractivity contribution is 5.27. The molecule has 2 atom stereocenters. The minimum Gasteiger partial charge on any atom is -0.314 e. The molecule has 1 heteroatoms. The zero-order valence-corrected chi connectivity index (χ0v) is 10.7. The highest BCUT2D eigenvalue weighted by atomic mass is 14.9. The van der Waals surface area contributed by atoms with Crippen LogP contribution >= 0.6 is 0 Å². The van der Waals surface area contributed by atoms with Crippen molar-refractivity contribution in [1.82, 2.24) is 5.32 Å². The van der Waals surface area contributed by atoms with Crippen molar-refractivity contribution in [2.45, 2.75) is 45.6 Å². The van der Waals surface area contributed by atoms with Gasteiger partial charge in [0.1, 0.15) is 0 Å². The molecule has 1 fully saturated rings. The molecule has 1 N–H and O–H groups in total. The van der Waals surface area contributed by atoms with Gasteiger partial charge in [-0.1, -0.05) is 38.1 Å². The fourth-order valence-electron chi connectivity index (χ4n) is 2.69. The van der Waals surface area contributed by atoms with Crippen molar-refractivity contribution in [3.63, 3.8) is 0 Å². The van der Waals surface area contributed by atoms with Gasteiger partial charge in [-0.15, -0.1) is 0 Å². The van der Waals surface area contributed by atoms with Gasteiger partial charge in [-0.05, 0) is 43.4 Å². The number of hydrogen-bond acceptors (Lipinski definition) is 1. The molecule has 0 aliphatic carbocycles. The topological polar surface area (TPSA) is 12.0 Å². The van der Waals surface area contributed by atoms with E-state index in [0.29, 0.717) is 12.0 Å². The summed E-state index contributed by atoms with van der Waals surface area (Å²) < 4.78 is 0. The van der Waals surface area contributed by atoms with Crippen LogP contribution in [0, 0.1) is 5.92 Å². The van der Waals surface area contributed by atoms with Crippen molar-refractivity contribution in [1.29, 1.82) is 0 Å². The number of benzene rings is 1. The van der Waals surface area contributed by atoms with E-state index in [-0.39, 0.29) is 0 Å². The van der Waals surface area contributed by atoms with Crippen LogP contribution in [0.25, 0.3) is 0 Å². The first kappa shape index (κ1) is 11.7. The predicted octanol–water partition coefficient (Wildman–Crippen LogP) is 3.35. The molecule has 0 amide bonds. The Morgan fingerprint density at radius 1 is 1.25 bits per heavy atom. The Morgan fingerprint density at radius 3 is 2.44 bits per heavy atom. The Morgan fingerprint density at radius 2 is 1.94 bits per heavy atom. The quantitative estimate of drug-likeness (QED) is 0.818. The van der Waals surface area contributed by atoms with Crippen LogP contribution in [0.1, 0.15) is 44.2 Å². The normalized spacial score (nSPS) is 25.2. The summed E-state index contributed by atoms with van der Waals surface area (Å²) in [4.78, 5) is 0. The molecule has 0 bridgehead atoms. The largest absolute Gasteiger partial charge is 0.314 e. The lowest BCUT2D eigenvalue weighted by Crippen LogP contribution is -2.21. The van der Waals surface area contributed by atoms with E-state index in [1.165, 1.54) is 30.5 Å². The summed E-state index contributed by atoms with van der Waals surface area (Å²) in [5.41, 5.74) is 2.97. The van der Waals surface area contributed by atoms with Crippen molar-refractivity contribution in [2.24, 2.45) is 5.92 Å². The molecule has 0 radical (unpaired) electrons. The summed E-state index contributed by atoms with van der Waals surface area (Å²) in [5.74, 6) is 1.46. The van der Waals surface area contributed by atoms with Crippen molar-refractivity contribution in [2.75, 3.05) is 6.54 Å². The summed E-state index contributed by atoms with van der Waals surface area (Å²) in [5, 5.41) is 3.51. The molecule has 1 nitrogen and oxygen atoms in total. The van der Waals surface area contributed by atoms with E-state index in [2.05, 4.69) is 50.4 Å². The van der Waals surface area contributed by atoms with E-state index in [9.17, 15) is 0 Å². The van der Waals surface area contributed by atoms with Crippen LogP contribution < -0.4 is 5.32 Å². The van der Waals surface area contributed by atoms with Gasteiger partial charge in [-0.2, -0.15) is 0 Å². The SMILES string of the molecule is CC(C)Cc1ccc(C2CCNC2C)cc1. The first-order chi connectivity index (χ1) is 7.66. The predicted molar refractivity (Wildman–Crippen MR) is 69.8 cm³/mol. The first-order valence-corrected chi connectivity index (χ1v) is 6.49. The van der Waals surface area contributed by atoms with Gasteiger partial charge in [0.2, 0.25) is 0 Å². The van der Waals surface area contributed by atoms with Gasteiger partial charge in [-0.3, -0.25) is 0 Å². The molecule has 2 rings (SSSR count). The molecule has 2 unspecified atom stereocenters. The minimum absolute atomic E-state index is 0.635. The van der Waals surface area contributed by atoms with Gasteiger partial charge < -0.3 is 5.32 Å². The van der Waals surface area contributed by atoms with E-state index >= 15 is 0 Å². The molecule has 1 aliphatic rings. The van der Waals surface area contributed by atoms with E-state index < -0.39 is 0 Å². The summed E-state index contributed by atoms with van der Waals surface area (Å²) >= 11 is 0. The molecule has 1 aromatic carbocycles. The average Bonchev–Trinajstić information content (AvgIpc) is 2.65. The lowest BCUT2D eigenvalue weighted by Gasteiger charge is -2.16. The van der Waals surface area contributed by atoms with Gasteiger partial charge in [0.25, 0.3) is 0 Å². The van der Waals surface area contributed by atoms with Gasteiger partial charge in [0.15, 0.2) is 0 Å². The Bertz CT molecular complexity index is 326. The maximum atomic E-state index is 3.51. The number of hydrogen-bond donors (Lipinski definition) is 1. The van der Waals surface area contributed by atoms with Crippen molar-refractivity contribution in [3.05, 3.63) is 35.4 Å². The Balaban J connectivity index is 2.07. The van der Waals surface area contributed by atoms with Crippen LogP contribution in [0.2, 0.25) is 0 Å². The lowest BCUT2D eigenvalue weighted by atomic mass is 9.91. The molecule has 88 valence electrons. The molecule has 16 heavy (non-hydrogen) atoms. The van der Waals surface area contributed by atoms with Gasteiger partial charge in [0, 0.05) is 12.0 Å². The van der Waals surface area contributed by atoms with Gasteiger partial charge in [0.05, 0.1) is 0 Å². The molecule has 0 spiro atoms. The van der Waals surface area contributed by atoms with E-state index in [1.807, 2.05) is 0 Å². The van der Waals surface area contributed by atoms with E-state index in [4.69, 9.17) is 0 Å². The van der Waals surface area contributed by atoms with Crippen LogP contribution in [-0.2, 0) is 6.42 Å². The third-order valence-electron chi connectivity index (χ3n) is 3.58. The fraction of sp³-hybridized carbons (Fsp3) is 0.600. The standard InChI is InChI=1S/C15H23N/c1-11(2)10-13-4-6-14(7-5-13)15-8-9-16-12(15)3/h4-7,11-12,15-16H,8-10H2,1-3H3. The molecular weight excluding hydrogens is 194 g/mol. The van der Waals surface area contributed by atoms with Gasteiger partial charge in [-0.25, -0.2) is 0 Å². The fourth-order valence-corrected chi connectivity index (χ4v) is 2.69. The molecule has 1 heterocycles. The Kier molecular flexibility index (Phi) is 3.65. The second-order valence-electron chi connectivity index (χ2n) is 5.48. The Hall–Kier alpha value is -0.820. The molecule has 1 aliphatic heterocycles. The second-order valence-corrected chi connectivity index (χ2v) is 5.48. The van der Waals surface area contributed by atoms with Crippen molar-refractivity contribution >= 4 is 0 Å². The summed E-state index contributed by atoms with van der Waals surface area (Å²) in [7, 11) is 0. The van der Waals surface area contributed by atoms with Gasteiger partial charge >= 0.3 is 0 Å². The maximum absolute atomic E-state index is 3.51. The average molecular weight is 217 g/mol. The monoisotopic (exact) mass is 217 g/mol. The highest BCUT2D eigenvalue weighted by Gasteiger charge is 2.23. The van der Waals surface area contributed by atoms with Crippen LogP contribution in [0.4, 0.5) is 0 Å². The van der Waals surface area contributed by atoms with E-state index in [0.717, 1.165) is 5.92 Å². The summed E-state index contributed by atoms with van der Waals surface area (Å²) in [6.07, 6.45) is 2.48. The smallest absolute Gasteiger partial charge is 0.0108 e. The van der Waals surface area contributed by atoms with Crippen LogP contribution in [0.5, 0.6) is 0 Å². The Labute approximate surface area is 99.3 Å². The van der Waals surface area contributed by atoms with Crippen molar-refractivity contribution in [3.8, 4) is 0 Å². The molecular formula is C15H23N.